The zero-order valence-corrected chi connectivity index (χ0v) is 16.2. The second kappa shape index (κ2) is 9.75. The molecule has 0 unspecified atom stereocenters. The molecule has 1 amide bonds. The Hall–Kier alpha value is -2.83. The third-order valence-corrected chi connectivity index (χ3v) is 3.91. The SMILES string of the molecule is CCOC(=O)c1c([C@H](CC(C)C)NC(=O)OCc2ccccc2)noc1C. The summed E-state index contributed by atoms with van der Waals surface area (Å²) in [4.78, 5) is 24.6. The number of hydrogen-bond acceptors (Lipinski definition) is 6. The fourth-order valence-corrected chi connectivity index (χ4v) is 2.70. The van der Waals surface area contributed by atoms with Gasteiger partial charge in [0, 0.05) is 0 Å². The van der Waals surface area contributed by atoms with Crippen molar-refractivity contribution in [1.82, 2.24) is 10.5 Å². The monoisotopic (exact) mass is 374 g/mol. The van der Waals surface area contributed by atoms with Crippen molar-refractivity contribution in [3.05, 3.63) is 52.9 Å². The summed E-state index contributed by atoms with van der Waals surface area (Å²) in [5.74, 6) is 0.0904. The lowest BCUT2D eigenvalue weighted by molar-refractivity contribution is 0.0521. The molecular weight excluding hydrogens is 348 g/mol. The quantitative estimate of drug-likeness (QED) is 0.697. The van der Waals surface area contributed by atoms with Crippen LogP contribution in [0.4, 0.5) is 4.79 Å². The molecule has 27 heavy (non-hydrogen) atoms. The Morgan fingerprint density at radius 3 is 2.52 bits per heavy atom. The molecule has 7 nitrogen and oxygen atoms in total. The number of alkyl carbamates (subject to hydrolysis) is 1. The molecule has 0 aliphatic rings. The van der Waals surface area contributed by atoms with Crippen molar-refractivity contribution >= 4 is 12.1 Å². The highest BCUT2D eigenvalue weighted by molar-refractivity contribution is 5.92. The van der Waals surface area contributed by atoms with E-state index in [9.17, 15) is 9.59 Å². The number of carbonyl (C=O) groups is 2. The number of rotatable bonds is 8. The highest BCUT2D eigenvalue weighted by atomic mass is 16.5. The summed E-state index contributed by atoms with van der Waals surface area (Å²) in [6.45, 7) is 7.80. The van der Waals surface area contributed by atoms with E-state index in [-0.39, 0.29) is 24.7 Å². The van der Waals surface area contributed by atoms with Gasteiger partial charge < -0.3 is 19.3 Å². The number of nitrogens with zero attached hydrogens (tertiary/aromatic N) is 1. The minimum atomic E-state index is -0.583. The first-order valence-electron chi connectivity index (χ1n) is 9.02. The van der Waals surface area contributed by atoms with Crippen LogP contribution >= 0.6 is 0 Å². The highest BCUT2D eigenvalue weighted by Gasteiger charge is 2.29. The first kappa shape index (κ1) is 20.5. The molecule has 1 heterocycles. The van der Waals surface area contributed by atoms with E-state index in [1.54, 1.807) is 13.8 Å². The van der Waals surface area contributed by atoms with Crippen molar-refractivity contribution in [3.8, 4) is 0 Å². The van der Waals surface area contributed by atoms with Crippen molar-refractivity contribution in [2.24, 2.45) is 5.92 Å². The molecule has 146 valence electrons. The average molecular weight is 374 g/mol. The van der Waals surface area contributed by atoms with Gasteiger partial charge in [-0.05, 0) is 31.7 Å². The molecule has 1 N–H and O–H groups in total. The lowest BCUT2D eigenvalue weighted by atomic mass is 9.98. The molecule has 1 atom stereocenters. The molecule has 0 bridgehead atoms. The van der Waals surface area contributed by atoms with Gasteiger partial charge in [0.1, 0.15) is 23.6 Å². The topological polar surface area (TPSA) is 90.7 Å². The van der Waals surface area contributed by atoms with Crippen LogP contribution in [-0.4, -0.2) is 23.8 Å². The number of esters is 1. The van der Waals surface area contributed by atoms with Gasteiger partial charge in [0.25, 0.3) is 0 Å². The highest BCUT2D eigenvalue weighted by Crippen LogP contribution is 2.26. The summed E-state index contributed by atoms with van der Waals surface area (Å²) in [7, 11) is 0. The van der Waals surface area contributed by atoms with E-state index in [4.69, 9.17) is 14.0 Å². The van der Waals surface area contributed by atoms with Crippen molar-refractivity contribution in [2.75, 3.05) is 6.61 Å². The lowest BCUT2D eigenvalue weighted by Gasteiger charge is -2.19. The molecule has 0 spiro atoms. The third kappa shape index (κ3) is 5.84. The van der Waals surface area contributed by atoms with Crippen molar-refractivity contribution in [2.45, 2.75) is 46.8 Å². The van der Waals surface area contributed by atoms with Crippen molar-refractivity contribution < 1.29 is 23.6 Å². The number of aryl methyl sites for hydroxylation is 1. The second-order valence-electron chi connectivity index (χ2n) is 6.61. The zero-order chi connectivity index (χ0) is 19.8. The van der Waals surface area contributed by atoms with Crippen LogP contribution in [-0.2, 0) is 16.1 Å². The lowest BCUT2D eigenvalue weighted by Crippen LogP contribution is -2.31. The van der Waals surface area contributed by atoms with E-state index < -0.39 is 18.1 Å². The van der Waals surface area contributed by atoms with Crippen molar-refractivity contribution in [3.63, 3.8) is 0 Å². The van der Waals surface area contributed by atoms with Gasteiger partial charge in [0.15, 0.2) is 0 Å². The summed E-state index contributed by atoms with van der Waals surface area (Å²) in [6, 6.07) is 8.87. The largest absolute Gasteiger partial charge is 0.462 e. The van der Waals surface area contributed by atoms with E-state index in [0.29, 0.717) is 17.9 Å². The first-order chi connectivity index (χ1) is 12.9. The minimum Gasteiger partial charge on any atom is -0.462 e. The van der Waals surface area contributed by atoms with E-state index in [1.165, 1.54) is 0 Å². The first-order valence-corrected chi connectivity index (χ1v) is 9.02. The van der Waals surface area contributed by atoms with Crippen LogP contribution in [0.5, 0.6) is 0 Å². The number of nitrogens with one attached hydrogen (secondary N) is 1. The maximum Gasteiger partial charge on any atom is 0.408 e. The Balaban J connectivity index is 2.13. The molecule has 0 aliphatic carbocycles. The van der Waals surface area contributed by atoms with Gasteiger partial charge in [-0.25, -0.2) is 9.59 Å². The zero-order valence-electron chi connectivity index (χ0n) is 16.2. The van der Waals surface area contributed by atoms with E-state index in [0.717, 1.165) is 5.56 Å². The van der Waals surface area contributed by atoms with Gasteiger partial charge in [-0.1, -0.05) is 49.3 Å². The Morgan fingerprint density at radius 2 is 1.89 bits per heavy atom. The van der Waals surface area contributed by atoms with E-state index in [1.807, 2.05) is 44.2 Å². The summed E-state index contributed by atoms with van der Waals surface area (Å²) in [5, 5.41) is 6.79. The molecule has 0 saturated carbocycles. The molecule has 0 aliphatic heterocycles. The van der Waals surface area contributed by atoms with E-state index >= 15 is 0 Å². The Bertz CT molecular complexity index is 755. The molecule has 1 aromatic heterocycles. The van der Waals surface area contributed by atoms with Gasteiger partial charge in [-0.15, -0.1) is 0 Å². The number of carbonyl (C=O) groups excluding carboxylic acids is 2. The normalized spacial score (nSPS) is 11.9. The molecule has 2 aromatic rings. The van der Waals surface area contributed by atoms with E-state index in [2.05, 4.69) is 10.5 Å². The third-order valence-electron chi connectivity index (χ3n) is 3.91. The van der Waals surface area contributed by atoms with Crippen LogP contribution in [0.3, 0.4) is 0 Å². The van der Waals surface area contributed by atoms with Gasteiger partial charge >= 0.3 is 12.1 Å². The molecule has 0 radical (unpaired) electrons. The number of benzene rings is 1. The van der Waals surface area contributed by atoms with Crippen LogP contribution in [0, 0.1) is 12.8 Å². The summed E-state index contributed by atoms with van der Waals surface area (Å²) < 4.78 is 15.6. The molecule has 1 aromatic carbocycles. The summed E-state index contributed by atoms with van der Waals surface area (Å²) >= 11 is 0. The van der Waals surface area contributed by atoms with Gasteiger partial charge in [0.2, 0.25) is 0 Å². The maximum absolute atomic E-state index is 12.3. The number of amides is 1. The van der Waals surface area contributed by atoms with Gasteiger partial charge in [-0.3, -0.25) is 0 Å². The summed E-state index contributed by atoms with van der Waals surface area (Å²) in [5.41, 5.74) is 1.50. The van der Waals surface area contributed by atoms with Crippen LogP contribution in [0.25, 0.3) is 0 Å². The van der Waals surface area contributed by atoms with Crippen LogP contribution in [0.1, 0.15) is 60.6 Å². The predicted octanol–water partition coefficient (Wildman–Crippen LogP) is 4.17. The van der Waals surface area contributed by atoms with Gasteiger partial charge in [-0.2, -0.15) is 0 Å². The Labute approximate surface area is 159 Å². The molecule has 7 heteroatoms. The standard InChI is InChI=1S/C20H26N2O5/c1-5-25-19(23)17-14(4)27-22-18(17)16(11-13(2)3)21-20(24)26-12-15-9-7-6-8-10-15/h6-10,13,16H,5,11-12H2,1-4H3,(H,21,24)/t16-/m0/s1. The van der Waals surface area contributed by atoms with Crippen LogP contribution < -0.4 is 5.32 Å². The fraction of sp³-hybridized carbons (Fsp3) is 0.450. The number of aromatic nitrogens is 1. The minimum absolute atomic E-state index is 0.156. The number of hydrogen-bond donors (Lipinski definition) is 1. The second-order valence-corrected chi connectivity index (χ2v) is 6.61. The maximum atomic E-state index is 12.3. The van der Waals surface area contributed by atoms with Crippen LogP contribution in [0.15, 0.2) is 34.9 Å². The summed E-state index contributed by atoms with van der Waals surface area (Å²) in [6.07, 6.45) is -0.0151. The molecular formula is C20H26N2O5. The predicted molar refractivity (Wildman–Crippen MR) is 99.2 cm³/mol. The molecule has 0 saturated heterocycles. The average Bonchev–Trinajstić information content (AvgIpc) is 3.02. The fourth-order valence-electron chi connectivity index (χ4n) is 2.70. The van der Waals surface area contributed by atoms with Crippen molar-refractivity contribution in [1.29, 1.82) is 0 Å². The Morgan fingerprint density at radius 1 is 1.19 bits per heavy atom. The molecule has 2 rings (SSSR count). The molecule has 0 fully saturated rings. The Kier molecular flexibility index (Phi) is 7.40. The smallest absolute Gasteiger partial charge is 0.408 e. The van der Waals surface area contributed by atoms with Crippen LogP contribution in [0.2, 0.25) is 0 Å². The van der Waals surface area contributed by atoms with Gasteiger partial charge in [0.05, 0.1) is 12.6 Å². The number of ether oxygens (including phenoxy) is 2.